The lowest BCUT2D eigenvalue weighted by molar-refractivity contribution is 0.00578. The van der Waals surface area contributed by atoms with Crippen molar-refractivity contribution in [3.8, 4) is 5.75 Å². The van der Waals surface area contributed by atoms with E-state index in [9.17, 15) is 4.79 Å². The van der Waals surface area contributed by atoms with E-state index in [1.54, 1.807) is 11.9 Å². The maximum Gasteiger partial charge on any atom is 0.494 e. The first-order chi connectivity index (χ1) is 15.8. The molecule has 3 rings (SSSR count). The number of hydrogen-bond acceptors (Lipinski definition) is 5. The topological polar surface area (TPSA) is 57.2 Å². The molecule has 1 amide bonds. The quantitative estimate of drug-likeness (QED) is 0.513. The Morgan fingerprint density at radius 3 is 2.06 bits per heavy atom. The Morgan fingerprint density at radius 2 is 1.53 bits per heavy atom. The summed E-state index contributed by atoms with van der Waals surface area (Å²) in [5, 5.41) is 0. The maximum atomic E-state index is 12.4. The molecule has 7 heteroatoms. The van der Waals surface area contributed by atoms with E-state index in [1.807, 2.05) is 103 Å². The molecule has 0 spiro atoms. The van der Waals surface area contributed by atoms with Crippen molar-refractivity contribution in [1.82, 2.24) is 4.90 Å². The van der Waals surface area contributed by atoms with Crippen LogP contribution in [0.1, 0.15) is 66.6 Å². The van der Waals surface area contributed by atoms with E-state index in [0.29, 0.717) is 13.0 Å². The number of carbonyl (C=O) groups excluding carboxylic acids is 1. The molecule has 1 atom stereocenters. The zero-order valence-corrected chi connectivity index (χ0v) is 21.8. The molecule has 0 unspecified atom stereocenters. The second kappa shape index (κ2) is 10.0. The molecule has 6 nitrogen and oxygen atoms in total. The van der Waals surface area contributed by atoms with E-state index in [4.69, 9.17) is 18.8 Å². The van der Waals surface area contributed by atoms with Gasteiger partial charge in [0.05, 0.1) is 11.2 Å². The number of benzene rings is 2. The number of amides is 1. The van der Waals surface area contributed by atoms with Crippen LogP contribution in [0, 0.1) is 0 Å². The molecule has 1 heterocycles. The third-order valence-corrected chi connectivity index (χ3v) is 6.29. The molecule has 2 aromatic rings. The van der Waals surface area contributed by atoms with Gasteiger partial charge >= 0.3 is 13.2 Å². The van der Waals surface area contributed by atoms with Gasteiger partial charge in [0.25, 0.3) is 0 Å². The molecular weight excluding hydrogens is 429 g/mol. The normalized spacial score (nSPS) is 17.8. The van der Waals surface area contributed by atoms with Crippen molar-refractivity contribution in [2.75, 3.05) is 13.6 Å². The summed E-state index contributed by atoms with van der Waals surface area (Å²) in [4.78, 5) is 13.9. The summed E-state index contributed by atoms with van der Waals surface area (Å²) in [6, 6.07) is 17.9. The lowest BCUT2D eigenvalue weighted by Crippen LogP contribution is -2.41. The highest BCUT2D eigenvalue weighted by atomic mass is 16.7. The summed E-state index contributed by atoms with van der Waals surface area (Å²) in [6.07, 6.45) is 0.0681. The monoisotopic (exact) mass is 467 g/mol. The molecule has 1 saturated heterocycles. The van der Waals surface area contributed by atoms with Crippen molar-refractivity contribution in [3.05, 3.63) is 60.2 Å². The Hall–Kier alpha value is -2.51. The van der Waals surface area contributed by atoms with E-state index in [0.717, 1.165) is 16.8 Å². The van der Waals surface area contributed by atoms with Gasteiger partial charge in [-0.15, -0.1) is 0 Å². The first-order valence-electron chi connectivity index (χ1n) is 11.9. The highest BCUT2D eigenvalue weighted by Crippen LogP contribution is 2.36. The van der Waals surface area contributed by atoms with Gasteiger partial charge in [0.2, 0.25) is 0 Å². The number of carbonyl (C=O) groups is 1. The van der Waals surface area contributed by atoms with Gasteiger partial charge in [-0.2, -0.15) is 0 Å². The summed E-state index contributed by atoms with van der Waals surface area (Å²) < 4.78 is 24.1. The second-order valence-corrected chi connectivity index (χ2v) is 10.9. The minimum Gasteiger partial charge on any atom is -0.486 e. The molecule has 0 saturated carbocycles. The fraction of sp³-hybridized carbons (Fsp3) is 0.519. The Bertz CT molecular complexity index is 937. The van der Waals surface area contributed by atoms with Crippen LogP contribution in [0.3, 0.4) is 0 Å². The number of nitrogens with zero attached hydrogens (tertiary/aromatic N) is 1. The lowest BCUT2D eigenvalue weighted by Gasteiger charge is -2.32. The molecule has 2 aromatic carbocycles. The predicted molar refractivity (Wildman–Crippen MR) is 135 cm³/mol. The fourth-order valence-electron chi connectivity index (χ4n) is 3.55. The number of ether oxygens (including phenoxy) is 2. The van der Waals surface area contributed by atoms with Crippen LogP contribution in [0.4, 0.5) is 4.79 Å². The Kier molecular flexibility index (Phi) is 7.68. The molecular formula is C27H38BNO5. The first kappa shape index (κ1) is 26.1. The van der Waals surface area contributed by atoms with Crippen LogP contribution in [0.15, 0.2) is 54.6 Å². The average molecular weight is 467 g/mol. The van der Waals surface area contributed by atoms with E-state index < -0.39 is 12.7 Å². The van der Waals surface area contributed by atoms with Crippen LogP contribution in [0.5, 0.6) is 5.75 Å². The van der Waals surface area contributed by atoms with Crippen LogP contribution in [0.2, 0.25) is 0 Å². The van der Waals surface area contributed by atoms with E-state index in [-0.39, 0.29) is 23.4 Å². The molecule has 1 aliphatic heterocycles. The first-order valence-corrected chi connectivity index (χ1v) is 11.9. The van der Waals surface area contributed by atoms with Crippen molar-refractivity contribution >= 4 is 18.7 Å². The standard InChI is InChI=1S/C27H38BNO5/c1-25(2,3)32-24(30)29(8)19-18-23(20-12-10-9-11-13-20)31-22-16-14-21(15-17-22)28-33-26(4,5)27(6,7)34-28/h9-17,23H,18-19H2,1-8H3/t23-/m0/s1. The molecule has 0 aliphatic carbocycles. The van der Waals surface area contributed by atoms with Crippen molar-refractivity contribution in [3.63, 3.8) is 0 Å². The number of hydrogen-bond donors (Lipinski definition) is 0. The molecule has 184 valence electrons. The van der Waals surface area contributed by atoms with Gasteiger partial charge in [-0.25, -0.2) is 4.79 Å². The molecule has 1 aliphatic rings. The van der Waals surface area contributed by atoms with Crippen molar-refractivity contribution in [2.45, 2.75) is 77.8 Å². The molecule has 0 bridgehead atoms. The highest BCUT2D eigenvalue weighted by Gasteiger charge is 2.51. The van der Waals surface area contributed by atoms with Crippen molar-refractivity contribution in [1.29, 1.82) is 0 Å². The smallest absolute Gasteiger partial charge is 0.486 e. The van der Waals surface area contributed by atoms with Gasteiger partial charge in [-0.1, -0.05) is 42.5 Å². The lowest BCUT2D eigenvalue weighted by atomic mass is 9.79. The SMILES string of the molecule is CN(CC[C@H](Oc1ccc(B2OC(C)(C)C(C)(C)O2)cc1)c1ccccc1)C(=O)OC(C)(C)C. The minimum absolute atomic E-state index is 0.214. The second-order valence-electron chi connectivity index (χ2n) is 10.9. The maximum absolute atomic E-state index is 12.4. The van der Waals surface area contributed by atoms with Gasteiger partial charge in [0, 0.05) is 20.0 Å². The average Bonchev–Trinajstić information content (AvgIpc) is 2.97. The largest absolute Gasteiger partial charge is 0.494 e. The Labute approximate surface area is 204 Å². The molecule has 34 heavy (non-hydrogen) atoms. The Morgan fingerprint density at radius 1 is 0.971 bits per heavy atom. The molecule has 0 aromatic heterocycles. The van der Waals surface area contributed by atoms with Gasteiger partial charge < -0.3 is 23.7 Å². The zero-order valence-electron chi connectivity index (χ0n) is 21.8. The van der Waals surface area contributed by atoms with E-state index >= 15 is 0 Å². The summed E-state index contributed by atoms with van der Waals surface area (Å²) in [5.41, 5.74) is 0.707. The molecule has 0 N–H and O–H groups in total. The van der Waals surface area contributed by atoms with Crippen LogP contribution in [-0.4, -0.2) is 48.5 Å². The van der Waals surface area contributed by atoms with Gasteiger partial charge in [0.15, 0.2) is 0 Å². The van der Waals surface area contributed by atoms with Crippen molar-refractivity contribution in [2.24, 2.45) is 0 Å². The zero-order chi connectivity index (χ0) is 25.1. The minimum atomic E-state index is -0.528. The van der Waals surface area contributed by atoms with Crippen LogP contribution >= 0.6 is 0 Å². The summed E-state index contributed by atoms with van der Waals surface area (Å²) >= 11 is 0. The summed E-state index contributed by atoms with van der Waals surface area (Å²) in [7, 11) is 1.33. The van der Waals surface area contributed by atoms with Crippen LogP contribution in [0.25, 0.3) is 0 Å². The van der Waals surface area contributed by atoms with Crippen molar-refractivity contribution < 1.29 is 23.6 Å². The summed E-state index contributed by atoms with van der Waals surface area (Å²) in [6.45, 7) is 14.3. The third-order valence-electron chi connectivity index (χ3n) is 6.29. The van der Waals surface area contributed by atoms with Gasteiger partial charge in [-0.05, 0) is 71.6 Å². The Balaban J connectivity index is 1.68. The number of rotatable bonds is 7. The van der Waals surface area contributed by atoms with Crippen LogP contribution < -0.4 is 10.2 Å². The third kappa shape index (κ3) is 6.54. The predicted octanol–water partition coefficient (Wildman–Crippen LogP) is 5.36. The highest BCUT2D eigenvalue weighted by molar-refractivity contribution is 6.62. The van der Waals surface area contributed by atoms with E-state index in [2.05, 4.69) is 0 Å². The molecule has 0 radical (unpaired) electrons. The van der Waals surface area contributed by atoms with Gasteiger partial charge in [0.1, 0.15) is 17.5 Å². The van der Waals surface area contributed by atoms with Gasteiger partial charge in [-0.3, -0.25) is 0 Å². The molecule has 1 fully saturated rings. The van der Waals surface area contributed by atoms with Crippen LogP contribution in [-0.2, 0) is 14.0 Å². The van der Waals surface area contributed by atoms with E-state index in [1.165, 1.54) is 0 Å². The fourth-order valence-corrected chi connectivity index (χ4v) is 3.55. The summed E-state index contributed by atoms with van der Waals surface area (Å²) in [5.74, 6) is 0.744.